The standard InChI is InChI=1S/C23H26N4O4S/c1-2-3-8-19-26-22(27-31-19)14-9-11-15(12-10-14)30-13-18(28)25-23-20(21(24)29)16-6-4-5-7-17(16)32-23/h9-12H,2-8,13H2,1H3,(H2,24,29)(H,25,28). The molecule has 0 fully saturated rings. The first-order valence-electron chi connectivity index (χ1n) is 10.8. The first-order valence-corrected chi connectivity index (χ1v) is 11.7. The van der Waals surface area contributed by atoms with Gasteiger partial charge in [-0.25, -0.2) is 0 Å². The molecule has 1 aliphatic rings. The lowest BCUT2D eigenvalue weighted by Gasteiger charge is -2.11. The number of nitrogens with zero attached hydrogens (tertiary/aromatic N) is 2. The van der Waals surface area contributed by atoms with Crippen molar-refractivity contribution in [2.75, 3.05) is 11.9 Å². The summed E-state index contributed by atoms with van der Waals surface area (Å²) in [5.41, 5.74) is 7.82. The average Bonchev–Trinajstić information content (AvgIpc) is 3.41. The number of nitrogens with one attached hydrogen (secondary N) is 1. The number of unbranched alkanes of at least 4 members (excludes halogenated alkanes) is 1. The minimum Gasteiger partial charge on any atom is -0.484 e. The maximum atomic E-state index is 12.4. The SMILES string of the molecule is CCCCc1nc(-c2ccc(OCC(=O)Nc3sc4c(c3C(N)=O)CCCC4)cc2)no1. The van der Waals surface area contributed by atoms with Crippen LogP contribution in [0.1, 0.15) is 59.3 Å². The van der Waals surface area contributed by atoms with Crippen LogP contribution in [0.2, 0.25) is 0 Å². The molecule has 32 heavy (non-hydrogen) atoms. The Labute approximate surface area is 190 Å². The fourth-order valence-corrected chi connectivity index (χ4v) is 5.04. The van der Waals surface area contributed by atoms with E-state index < -0.39 is 5.91 Å². The van der Waals surface area contributed by atoms with Crippen LogP contribution in [0.5, 0.6) is 5.75 Å². The predicted octanol–water partition coefficient (Wildman–Crippen LogP) is 4.14. The van der Waals surface area contributed by atoms with Crippen molar-refractivity contribution in [2.45, 2.75) is 51.9 Å². The number of benzene rings is 1. The van der Waals surface area contributed by atoms with E-state index in [0.29, 0.717) is 28.0 Å². The fraction of sp³-hybridized carbons (Fsp3) is 0.391. The Morgan fingerprint density at radius 3 is 2.75 bits per heavy atom. The van der Waals surface area contributed by atoms with Crippen LogP contribution in [0.25, 0.3) is 11.4 Å². The normalized spacial score (nSPS) is 12.9. The maximum Gasteiger partial charge on any atom is 0.262 e. The second-order valence-corrected chi connectivity index (χ2v) is 8.86. The van der Waals surface area contributed by atoms with Gasteiger partial charge in [-0.2, -0.15) is 4.98 Å². The van der Waals surface area contributed by atoms with Crippen LogP contribution in [0.4, 0.5) is 5.00 Å². The Bertz CT molecular complexity index is 1100. The van der Waals surface area contributed by atoms with Gasteiger partial charge in [0.1, 0.15) is 10.8 Å². The number of amides is 2. The number of aryl methyl sites for hydroxylation is 2. The minimum atomic E-state index is -0.504. The van der Waals surface area contributed by atoms with Crippen LogP contribution in [0.15, 0.2) is 28.8 Å². The first kappa shape index (κ1) is 22.0. The largest absolute Gasteiger partial charge is 0.484 e. The summed E-state index contributed by atoms with van der Waals surface area (Å²) in [6.07, 6.45) is 6.69. The van der Waals surface area contributed by atoms with E-state index in [1.165, 1.54) is 11.3 Å². The Kier molecular flexibility index (Phi) is 6.84. The summed E-state index contributed by atoms with van der Waals surface area (Å²) in [5.74, 6) is 0.856. The molecule has 168 valence electrons. The molecular weight excluding hydrogens is 428 g/mol. The van der Waals surface area contributed by atoms with E-state index in [0.717, 1.165) is 60.9 Å². The van der Waals surface area contributed by atoms with Crippen molar-refractivity contribution in [3.8, 4) is 17.1 Å². The number of aromatic nitrogens is 2. The van der Waals surface area contributed by atoms with Crippen molar-refractivity contribution < 1.29 is 18.8 Å². The summed E-state index contributed by atoms with van der Waals surface area (Å²) in [7, 11) is 0. The third-order valence-corrected chi connectivity index (χ3v) is 6.57. The zero-order valence-corrected chi connectivity index (χ0v) is 18.8. The van der Waals surface area contributed by atoms with E-state index in [2.05, 4.69) is 22.4 Å². The lowest BCUT2D eigenvalue weighted by Crippen LogP contribution is -2.22. The molecule has 0 aliphatic heterocycles. The highest BCUT2D eigenvalue weighted by atomic mass is 32.1. The summed E-state index contributed by atoms with van der Waals surface area (Å²) in [6.45, 7) is 1.93. The van der Waals surface area contributed by atoms with E-state index >= 15 is 0 Å². The Hall–Kier alpha value is -3.20. The Morgan fingerprint density at radius 2 is 2.00 bits per heavy atom. The van der Waals surface area contributed by atoms with Gasteiger partial charge in [0.15, 0.2) is 6.61 Å². The van der Waals surface area contributed by atoms with Crippen LogP contribution in [0, 0.1) is 0 Å². The molecule has 0 radical (unpaired) electrons. The molecule has 3 N–H and O–H groups in total. The summed E-state index contributed by atoms with van der Waals surface area (Å²) in [4.78, 5) is 29.9. The van der Waals surface area contributed by atoms with E-state index in [-0.39, 0.29) is 12.5 Å². The van der Waals surface area contributed by atoms with Gasteiger partial charge in [0.2, 0.25) is 11.7 Å². The molecule has 1 aliphatic carbocycles. The van der Waals surface area contributed by atoms with Crippen LogP contribution in [0.3, 0.4) is 0 Å². The van der Waals surface area contributed by atoms with Gasteiger partial charge in [0.05, 0.1) is 5.56 Å². The Balaban J connectivity index is 1.35. The molecular formula is C23H26N4O4S. The van der Waals surface area contributed by atoms with E-state index in [1.54, 1.807) is 12.1 Å². The van der Waals surface area contributed by atoms with Gasteiger partial charge in [-0.1, -0.05) is 18.5 Å². The molecule has 0 saturated carbocycles. The highest BCUT2D eigenvalue weighted by Gasteiger charge is 2.25. The summed E-state index contributed by atoms with van der Waals surface area (Å²) in [5, 5.41) is 7.33. The second-order valence-electron chi connectivity index (χ2n) is 7.76. The number of ether oxygens (including phenoxy) is 1. The average molecular weight is 455 g/mol. The van der Waals surface area contributed by atoms with E-state index in [4.69, 9.17) is 15.0 Å². The molecule has 4 rings (SSSR count). The van der Waals surface area contributed by atoms with Crippen LogP contribution < -0.4 is 15.8 Å². The van der Waals surface area contributed by atoms with Crippen LogP contribution in [-0.4, -0.2) is 28.6 Å². The number of hydrogen-bond donors (Lipinski definition) is 2. The van der Waals surface area contributed by atoms with Gasteiger partial charge in [-0.05, 0) is 61.9 Å². The zero-order valence-electron chi connectivity index (χ0n) is 18.0. The molecule has 3 aromatic rings. The number of carbonyl (C=O) groups excluding carboxylic acids is 2. The zero-order chi connectivity index (χ0) is 22.5. The quantitative estimate of drug-likeness (QED) is 0.501. The maximum absolute atomic E-state index is 12.4. The molecule has 0 saturated heterocycles. The van der Waals surface area contributed by atoms with Gasteiger partial charge in [-0.15, -0.1) is 11.3 Å². The smallest absolute Gasteiger partial charge is 0.262 e. The molecule has 0 atom stereocenters. The highest BCUT2D eigenvalue weighted by molar-refractivity contribution is 7.17. The van der Waals surface area contributed by atoms with Gasteiger partial charge < -0.3 is 20.3 Å². The molecule has 9 heteroatoms. The van der Waals surface area contributed by atoms with Crippen molar-refractivity contribution in [1.82, 2.24) is 10.1 Å². The van der Waals surface area contributed by atoms with Crippen molar-refractivity contribution in [2.24, 2.45) is 5.73 Å². The highest BCUT2D eigenvalue weighted by Crippen LogP contribution is 2.37. The lowest BCUT2D eigenvalue weighted by atomic mass is 9.95. The molecule has 0 bridgehead atoms. The van der Waals surface area contributed by atoms with Crippen molar-refractivity contribution in [1.29, 1.82) is 0 Å². The van der Waals surface area contributed by atoms with Gasteiger partial charge in [0.25, 0.3) is 11.8 Å². The predicted molar refractivity (Wildman–Crippen MR) is 122 cm³/mol. The number of carbonyl (C=O) groups is 2. The molecule has 1 aromatic carbocycles. The molecule has 8 nitrogen and oxygen atoms in total. The number of thiophene rings is 1. The number of primary amides is 1. The molecule has 2 aromatic heterocycles. The van der Waals surface area contributed by atoms with Crippen LogP contribution >= 0.6 is 11.3 Å². The van der Waals surface area contributed by atoms with Gasteiger partial charge >= 0.3 is 0 Å². The number of fused-ring (bicyclic) bond motifs is 1. The van der Waals surface area contributed by atoms with Gasteiger partial charge in [-0.3, -0.25) is 9.59 Å². The minimum absolute atomic E-state index is 0.177. The summed E-state index contributed by atoms with van der Waals surface area (Å²) >= 11 is 1.44. The third kappa shape index (κ3) is 4.99. The molecule has 0 spiro atoms. The Morgan fingerprint density at radius 1 is 1.22 bits per heavy atom. The topological polar surface area (TPSA) is 120 Å². The number of hydrogen-bond acceptors (Lipinski definition) is 7. The summed E-state index contributed by atoms with van der Waals surface area (Å²) in [6, 6.07) is 7.15. The number of anilines is 1. The van der Waals surface area contributed by atoms with Crippen LogP contribution in [-0.2, 0) is 24.1 Å². The number of nitrogens with two attached hydrogens (primary N) is 1. The second kappa shape index (κ2) is 9.95. The van der Waals surface area contributed by atoms with Crippen molar-refractivity contribution in [3.63, 3.8) is 0 Å². The van der Waals surface area contributed by atoms with E-state index in [9.17, 15) is 9.59 Å². The summed E-state index contributed by atoms with van der Waals surface area (Å²) < 4.78 is 10.9. The molecule has 0 unspecified atom stereocenters. The lowest BCUT2D eigenvalue weighted by molar-refractivity contribution is -0.118. The molecule has 2 heterocycles. The fourth-order valence-electron chi connectivity index (χ4n) is 3.73. The van der Waals surface area contributed by atoms with Crippen molar-refractivity contribution >= 4 is 28.2 Å². The van der Waals surface area contributed by atoms with Crippen molar-refractivity contribution in [3.05, 3.63) is 46.2 Å². The number of rotatable bonds is 9. The first-order chi connectivity index (χ1) is 15.5. The monoisotopic (exact) mass is 454 g/mol. The molecule has 2 amide bonds. The van der Waals surface area contributed by atoms with Gasteiger partial charge in [0, 0.05) is 16.9 Å². The van der Waals surface area contributed by atoms with E-state index in [1.807, 2.05) is 12.1 Å². The third-order valence-electron chi connectivity index (χ3n) is 5.37.